The first-order valence-corrected chi connectivity index (χ1v) is 3.00. The first-order valence-electron chi connectivity index (χ1n) is 3.00. The molecule has 0 aliphatic carbocycles. The van der Waals surface area contributed by atoms with Crippen LogP contribution >= 0.6 is 0 Å². The monoisotopic (exact) mass is 209 g/mol. The van der Waals surface area contributed by atoms with E-state index in [0.717, 1.165) is 12.1 Å². The minimum Gasteiger partial charge on any atom is -0.504 e. The van der Waals surface area contributed by atoms with Crippen molar-refractivity contribution in [1.82, 2.24) is 0 Å². The van der Waals surface area contributed by atoms with Crippen LogP contribution in [-0.4, -0.2) is 77.8 Å². The molecule has 0 fully saturated rings. The minimum atomic E-state index is -1.29. The number of carboxylic acid groups (broad SMARTS) is 1. The fraction of sp³-hybridized carbons (Fsp3) is 0. The molecular weight excluding hydrogens is 203 g/mol. The standard InChI is InChI=1S/C7H6O5.K/c8-4-1-3(7(11)12)2-5(9)6(4)10;/h1-2,8-10H,(H,11,12);. The van der Waals surface area contributed by atoms with Crippen LogP contribution in [0.25, 0.3) is 0 Å². The van der Waals surface area contributed by atoms with E-state index in [0.29, 0.717) is 0 Å². The molecule has 0 unspecified atom stereocenters. The second-order valence-corrected chi connectivity index (χ2v) is 2.17. The summed E-state index contributed by atoms with van der Waals surface area (Å²) in [4.78, 5) is 10.3. The number of benzene rings is 1. The molecule has 0 amide bonds. The molecule has 0 atom stereocenters. The first kappa shape index (κ1) is 12.7. The molecule has 1 rings (SSSR count). The van der Waals surface area contributed by atoms with Crippen molar-refractivity contribution in [2.75, 3.05) is 0 Å². The zero-order valence-corrected chi connectivity index (χ0v) is 9.97. The van der Waals surface area contributed by atoms with Crippen molar-refractivity contribution in [3.63, 3.8) is 0 Å². The van der Waals surface area contributed by atoms with Gasteiger partial charge in [-0.2, -0.15) is 0 Å². The van der Waals surface area contributed by atoms with Gasteiger partial charge in [0.15, 0.2) is 17.2 Å². The Morgan fingerprint density at radius 1 is 1.08 bits per heavy atom. The molecular formula is C7H6KO5. The predicted molar refractivity (Wildman–Crippen MR) is 44.1 cm³/mol. The number of rotatable bonds is 1. The summed E-state index contributed by atoms with van der Waals surface area (Å²) >= 11 is 0. The van der Waals surface area contributed by atoms with Crippen LogP contribution in [0.1, 0.15) is 10.4 Å². The van der Waals surface area contributed by atoms with Crippen molar-refractivity contribution in [3.05, 3.63) is 17.7 Å². The number of aromatic hydroxyl groups is 3. The third-order valence-electron chi connectivity index (χ3n) is 1.32. The van der Waals surface area contributed by atoms with Crippen LogP contribution in [0.5, 0.6) is 17.2 Å². The van der Waals surface area contributed by atoms with Crippen molar-refractivity contribution in [3.8, 4) is 17.2 Å². The summed E-state index contributed by atoms with van der Waals surface area (Å²) in [5, 5.41) is 35.0. The van der Waals surface area contributed by atoms with Gasteiger partial charge in [-0.1, -0.05) is 0 Å². The zero-order chi connectivity index (χ0) is 9.30. The van der Waals surface area contributed by atoms with E-state index in [1.807, 2.05) is 0 Å². The third kappa shape index (κ3) is 2.85. The number of hydrogen-bond acceptors (Lipinski definition) is 4. The molecule has 0 saturated heterocycles. The smallest absolute Gasteiger partial charge is 0.335 e. The number of phenolic OH excluding ortho intramolecular Hbond substituents is 3. The number of carbonyl (C=O) groups is 1. The maximum absolute atomic E-state index is 10.3. The van der Waals surface area contributed by atoms with Crippen LogP contribution in [0, 0.1) is 0 Å². The Bertz CT molecular complexity index is 313. The Hall–Kier alpha value is -0.274. The molecule has 0 bridgehead atoms. The molecule has 13 heavy (non-hydrogen) atoms. The summed E-state index contributed by atoms with van der Waals surface area (Å²) in [6, 6.07) is 1.69. The van der Waals surface area contributed by atoms with E-state index in [1.54, 1.807) is 0 Å². The Kier molecular flexibility index (Phi) is 4.72. The average Bonchev–Trinajstić information content (AvgIpc) is 1.99. The number of aromatic carboxylic acids is 1. The molecule has 1 radical (unpaired) electrons. The Morgan fingerprint density at radius 2 is 1.46 bits per heavy atom. The molecule has 65 valence electrons. The van der Waals surface area contributed by atoms with Crippen molar-refractivity contribution >= 4 is 57.4 Å². The van der Waals surface area contributed by atoms with Crippen molar-refractivity contribution in [2.45, 2.75) is 0 Å². The van der Waals surface area contributed by atoms with Gasteiger partial charge in [0.05, 0.1) is 5.56 Å². The normalized spacial score (nSPS) is 8.92. The summed E-state index contributed by atoms with van der Waals surface area (Å²) in [6.45, 7) is 0. The summed E-state index contributed by atoms with van der Waals surface area (Å²) in [5.74, 6) is -3.33. The largest absolute Gasteiger partial charge is 0.504 e. The number of hydrogen-bond donors (Lipinski definition) is 4. The van der Waals surface area contributed by atoms with E-state index in [2.05, 4.69) is 0 Å². The van der Waals surface area contributed by atoms with Crippen LogP contribution in [0.15, 0.2) is 12.1 Å². The Balaban J connectivity index is 0.00000144. The predicted octanol–water partition coefficient (Wildman–Crippen LogP) is 0.121. The second-order valence-electron chi connectivity index (χ2n) is 2.17. The van der Waals surface area contributed by atoms with Gasteiger partial charge in [-0.15, -0.1) is 0 Å². The van der Waals surface area contributed by atoms with Crippen LogP contribution < -0.4 is 0 Å². The van der Waals surface area contributed by atoms with Crippen LogP contribution in [0.2, 0.25) is 0 Å². The fourth-order valence-electron chi connectivity index (χ4n) is 0.728. The molecule has 0 spiro atoms. The summed E-state index contributed by atoms with van der Waals surface area (Å²) in [5.41, 5.74) is -0.289. The van der Waals surface area contributed by atoms with Gasteiger partial charge in [-0.05, 0) is 12.1 Å². The van der Waals surface area contributed by atoms with Crippen LogP contribution in [-0.2, 0) is 0 Å². The quantitative estimate of drug-likeness (QED) is 0.389. The first-order chi connectivity index (χ1) is 5.52. The van der Waals surface area contributed by atoms with Gasteiger partial charge in [0.25, 0.3) is 0 Å². The molecule has 0 aromatic heterocycles. The van der Waals surface area contributed by atoms with E-state index in [9.17, 15) is 4.79 Å². The van der Waals surface area contributed by atoms with Crippen molar-refractivity contribution < 1.29 is 25.2 Å². The van der Waals surface area contributed by atoms with E-state index in [1.165, 1.54) is 0 Å². The van der Waals surface area contributed by atoms with Gasteiger partial charge in [0, 0.05) is 51.4 Å². The molecule has 0 heterocycles. The maximum atomic E-state index is 10.3. The molecule has 1 aromatic rings. The number of phenols is 3. The summed E-state index contributed by atoms with van der Waals surface area (Å²) < 4.78 is 0. The fourth-order valence-corrected chi connectivity index (χ4v) is 0.728. The van der Waals surface area contributed by atoms with Gasteiger partial charge in [0.1, 0.15) is 0 Å². The molecule has 0 aliphatic rings. The molecule has 6 heteroatoms. The van der Waals surface area contributed by atoms with E-state index >= 15 is 0 Å². The topological polar surface area (TPSA) is 98.0 Å². The zero-order valence-electron chi connectivity index (χ0n) is 6.85. The second kappa shape index (κ2) is 4.82. The van der Waals surface area contributed by atoms with Crippen LogP contribution in [0.4, 0.5) is 0 Å². The van der Waals surface area contributed by atoms with Gasteiger partial charge in [0.2, 0.25) is 0 Å². The molecule has 0 aliphatic heterocycles. The van der Waals surface area contributed by atoms with Gasteiger partial charge >= 0.3 is 5.97 Å². The number of carboxylic acids is 1. The van der Waals surface area contributed by atoms with Crippen LogP contribution in [0.3, 0.4) is 0 Å². The SMILES string of the molecule is O=C(O)c1cc(O)c(O)c(O)c1.[K]. The van der Waals surface area contributed by atoms with E-state index < -0.39 is 23.2 Å². The van der Waals surface area contributed by atoms with Crippen molar-refractivity contribution in [1.29, 1.82) is 0 Å². The molecule has 4 N–H and O–H groups in total. The van der Waals surface area contributed by atoms with Gasteiger partial charge < -0.3 is 20.4 Å². The molecule has 0 saturated carbocycles. The minimum absolute atomic E-state index is 0. The Labute approximate surface area is 116 Å². The molecule has 5 nitrogen and oxygen atoms in total. The average molecular weight is 209 g/mol. The third-order valence-corrected chi connectivity index (χ3v) is 1.32. The van der Waals surface area contributed by atoms with E-state index in [-0.39, 0.29) is 56.9 Å². The van der Waals surface area contributed by atoms with Gasteiger partial charge in [-0.3, -0.25) is 0 Å². The molecule has 1 aromatic carbocycles. The van der Waals surface area contributed by atoms with E-state index in [4.69, 9.17) is 20.4 Å². The summed E-state index contributed by atoms with van der Waals surface area (Å²) in [7, 11) is 0. The summed E-state index contributed by atoms with van der Waals surface area (Å²) in [6.07, 6.45) is 0. The van der Waals surface area contributed by atoms with Crippen molar-refractivity contribution in [2.24, 2.45) is 0 Å². The Morgan fingerprint density at radius 3 is 1.77 bits per heavy atom. The maximum Gasteiger partial charge on any atom is 0.335 e. The van der Waals surface area contributed by atoms with Gasteiger partial charge in [-0.25, -0.2) is 4.79 Å².